The molecule has 8 heteroatoms. The van der Waals surface area contributed by atoms with Gasteiger partial charge in [-0.25, -0.2) is 0 Å². The third-order valence-electron chi connectivity index (χ3n) is 4.43. The maximum absolute atomic E-state index is 13.1. The Morgan fingerprint density at radius 1 is 1.00 bits per heavy atom. The van der Waals surface area contributed by atoms with Gasteiger partial charge in [0.1, 0.15) is 0 Å². The number of thiophene rings is 2. The number of hydrogen-bond donors (Lipinski definition) is 0. The van der Waals surface area contributed by atoms with Crippen LogP contribution in [-0.4, -0.2) is 49.7 Å². The van der Waals surface area contributed by atoms with Crippen molar-refractivity contribution in [2.75, 3.05) is 39.0 Å². The number of piperidine rings is 1. The average Bonchev–Trinajstić information content (AvgIpc) is 3.38. The summed E-state index contributed by atoms with van der Waals surface area (Å²) in [7, 11) is -3.12. The fourth-order valence-corrected chi connectivity index (χ4v) is 6.19. The van der Waals surface area contributed by atoms with E-state index in [-0.39, 0.29) is 5.78 Å². The van der Waals surface area contributed by atoms with Crippen LogP contribution in [0.15, 0.2) is 46.2 Å². The van der Waals surface area contributed by atoms with Crippen LogP contribution in [0.1, 0.15) is 23.6 Å². The Bertz CT molecular complexity index is 837. The molecule has 1 saturated heterocycles. The summed E-state index contributed by atoms with van der Waals surface area (Å²) in [5, 5.41) is 4.00. The minimum atomic E-state index is -3.12. The zero-order valence-electron chi connectivity index (χ0n) is 16.7. The van der Waals surface area contributed by atoms with E-state index in [1.54, 1.807) is 22.7 Å². The predicted octanol–water partition coefficient (Wildman–Crippen LogP) is 5.43. The molecule has 5 nitrogen and oxygen atoms in total. The van der Waals surface area contributed by atoms with E-state index < -0.39 is 7.60 Å². The first-order valence-electron chi connectivity index (χ1n) is 9.66. The van der Waals surface area contributed by atoms with Crippen LogP contribution in [0.3, 0.4) is 0 Å². The van der Waals surface area contributed by atoms with E-state index in [4.69, 9.17) is 9.05 Å². The highest BCUT2D eigenvalue weighted by Gasteiger charge is 2.30. The summed E-state index contributed by atoms with van der Waals surface area (Å²) in [6, 6.07) is 7.96. The minimum Gasteiger partial charge on any atom is -0.309 e. The van der Waals surface area contributed by atoms with Crippen LogP contribution < -0.4 is 0 Å². The van der Waals surface area contributed by atoms with Crippen molar-refractivity contribution in [2.45, 2.75) is 13.8 Å². The van der Waals surface area contributed by atoms with Crippen molar-refractivity contribution in [3.63, 3.8) is 0 Å². The van der Waals surface area contributed by atoms with E-state index in [1.165, 1.54) is 0 Å². The fraction of sp³-hybridized carbons (Fsp3) is 0.381. The van der Waals surface area contributed by atoms with E-state index in [1.807, 2.05) is 61.0 Å². The third kappa shape index (κ3) is 6.32. The van der Waals surface area contributed by atoms with Gasteiger partial charge in [-0.1, -0.05) is 12.1 Å². The van der Waals surface area contributed by atoms with Crippen molar-refractivity contribution >= 4 is 48.2 Å². The van der Waals surface area contributed by atoms with Crippen LogP contribution in [-0.2, 0) is 18.4 Å². The van der Waals surface area contributed by atoms with Gasteiger partial charge in [-0.05, 0) is 48.9 Å². The maximum atomic E-state index is 13.1. The van der Waals surface area contributed by atoms with Gasteiger partial charge in [0.15, 0.2) is 5.78 Å². The standard InChI is InChI=1S/C21H26NO4PS2/c1-3-25-27(24,26-4-2)10-9-22-15-17(13-19-7-5-11-28-19)21(23)18(16-22)14-20-8-6-12-29-20/h5-8,11-14H,3-4,9-10,15-16H2,1-2H3/b17-13+,18-14+. The second kappa shape index (κ2) is 10.6. The Hall–Kier alpha value is -1.34. The van der Waals surface area contributed by atoms with E-state index in [2.05, 4.69) is 4.90 Å². The summed E-state index contributed by atoms with van der Waals surface area (Å²) < 4.78 is 23.7. The number of carbonyl (C=O) groups excluding carboxylic acids is 1. The Morgan fingerprint density at radius 3 is 1.93 bits per heavy atom. The molecule has 0 unspecified atom stereocenters. The van der Waals surface area contributed by atoms with Crippen molar-refractivity contribution in [3.05, 3.63) is 55.9 Å². The summed E-state index contributed by atoms with van der Waals surface area (Å²) in [5.41, 5.74) is 1.51. The molecule has 0 N–H and O–H groups in total. The van der Waals surface area contributed by atoms with Crippen LogP contribution >= 0.6 is 30.3 Å². The van der Waals surface area contributed by atoms with Crippen LogP contribution in [0.5, 0.6) is 0 Å². The zero-order valence-corrected chi connectivity index (χ0v) is 19.2. The monoisotopic (exact) mass is 451 g/mol. The van der Waals surface area contributed by atoms with E-state index in [0.717, 1.165) is 20.9 Å². The molecule has 0 saturated carbocycles. The van der Waals surface area contributed by atoms with E-state index in [0.29, 0.717) is 39.0 Å². The molecule has 156 valence electrons. The highest BCUT2D eigenvalue weighted by molar-refractivity contribution is 7.53. The normalized spacial score (nSPS) is 18.8. The molecule has 0 aromatic carbocycles. The van der Waals surface area contributed by atoms with Crippen LogP contribution in [0, 0.1) is 0 Å². The zero-order chi connectivity index (χ0) is 20.7. The lowest BCUT2D eigenvalue weighted by atomic mass is 9.96. The van der Waals surface area contributed by atoms with Crippen LogP contribution in [0.4, 0.5) is 0 Å². The molecule has 0 amide bonds. The van der Waals surface area contributed by atoms with Gasteiger partial charge in [0.25, 0.3) is 0 Å². The molecular formula is C21H26NO4PS2. The third-order valence-corrected chi connectivity index (χ3v) is 8.12. The molecule has 2 aromatic heterocycles. The molecule has 3 rings (SSSR count). The van der Waals surface area contributed by atoms with Crippen molar-refractivity contribution in [1.82, 2.24) is 4.90 Å². The molecule has 0 atom stereocenters. The number of carbonyl (C=O) groups is 1. The van der Waals surface area contributed by atoms with Crippen LogP contribution in [0.25, 0.3) is 12.2 Å². The Morgan fingerprint density at radius 2 is 1.52 bits per heavy atom. The lowest BCUT2D eigenvalue weighted by Gasteiger charge is -2.30. The molecular weight excluding hydrogens is 425 g/mol. The second-order valence-corrected chi connectivity index (χ2v) is 10.7. The first kappa shape index (κ1) is 22.3. The second-order valence-electron chi connectivity index (χ2n) is 6.58. The van der Waals surface area contributed by atoms with Gasteiger partial charge in [0.05, 0.1) is 19.4 Å². The highest BCUT2D eigenvalue weighted by atomic mass is 32.1. The maximum Gasteiger partial charge on any atom is 0.331 e. The molecule has 1 aliphatic rings. The lowest BCUT2D eigenvalue weighted by Crippen LogP contribution is -2.39. The molecule has 0 radical (unpaired) electrons. The Kier molecular flexibility index (Phi) is 8.18. The van der Waals surface area contributed by atoms with Gasteiger partial charge < -0.3 is 9.05 Å². The lowest BCUT2D eigenvalue weighted by molar-refractivity contribution is -0.113. The summed E-state index contributed by atoms with van der Waals surface area (Å²) in [6.07, 6.45) is 4.24. The van der Waals surface area contributed by atoms with Crippen molar-refractivity contribution in [2.24, 2.45) is 0 Å². The topological polar surface area (TPSA) is 55.8 Å². The smallest absolute Gasteiger partial charge is 0.309 e. The first-order chi connectivity index (χ1) is 14.0. The number of rotatable bonds is 9. The number of nitrogens with zero attached hydrogens (tertiary/aromatic N) is 1. The minimum absolute atomic E-state index is 0.0841. The van der Waals surface area contributed by atoms with Gasteiger partial charge in [-0.15, -0.1) is 22.7 Å². The molecule has 1 fully saturated rings. The highest BCUT2D eigenvalue weighted by Crippen LogP contribution is 2.47. The average molecular weight is 452 g/mol. The molecule has 1 aliphatic heterocycles. The quantitative estimate of drug-likeness (QED) is 0.376. The van der Waals surface area contributed by atoms with Gasteiger partial charge in [-0.3, -0.25) is 14.3 Å². The number of hydrogen-bond acceptors (Lipinski definition) is 7. The molecule has 29 heavy (non-hydrogen) atoms. The molecule has 0 bridgehead atoms. The number of likely N-dealkylation sites (tertiary alicyclic amines) is 1. The van der Waals surface area contributed by atoms with Gasteiger partial charge >= 0.3 is 7.60 Å². The number of Topliss-reactive ketones (excluding diaryl/α,β-unsaturated/α-hetero) is 1. The largest absolute Gasteiger partial charge is 0.331 e. The first-order valence-corrected chi connectivity index (χ1v) is 13.1. The SMILES string of the molecule is CCOP(=O)(CCN1C/C(=C\c2cccs2)C(=O)/C(=C/c2cccs2)C1)OCC. The van der Waals surface area contributed by atoms with E-state index in [9.17, 15) is 9.36 Å². The van der Waals surface area contributed by atoms with Gasteiger partial charge in [-0.2, -0.15) is 0 Å². The summed E-state index contributed by atoms with van der Waals surface area (Å²) in [4.78, 5) is 17.3. The number of ketones is 1. The van der Waals surface area contributed by atoms with Crippen LogP contribution in [0.2, 0.25) is 0 Å². The Labute approximate surface area is 180 Å². The molecule has 0 spiro atoms. The molecule has 2 aromatic rings. The Balaban J connectivity index is 1.81. The van der Waals surface area contributed by atoms with E-state index >= 15 is 0 Å². The van der Waals surface area contributed by atoms with Crippen molar-refractivity contribution in [3.8, 4) is 0 Å². The summed E-state index contributed by atoms with van der Waals surface area (Å²) >= 11 is 3.22. The van der Waals surface area contributed by atoms with Crippen molar-refractivity contribution in [1.29, 1.82) is 0 Å². The fourth-order valence-electron chi connectivity index (χ4n) is 3.18. The molecule has 3 heterocycles. The molecule has 0 aliphatic carbocycles. The van der Waals surface area contributed by atoms with Crippen molar-refractivity contribution < 1.29 is 18.4 Å². The predicted molar refractivity (Wildman–Crippen MR) is 122 cm³/mol. The summed E-state index contributed by atoms with van der Waals surface area (Å²) in [5.74, 6) is 0.0841. The van der Waals surface area contributed by atoms with Gasteiger partial charge in [0, 0.05) is 40.5 Å². The summed E-state index contributed by atoms with van der Waals surface area (Å²) in [6.45, 7) is 5.91. The van der Waals surface area contributed by atoms with Gasteiger partial charge in [0.2, 0.25) is 0 Å².